The van der Waals surface area contributed by atoms with E-state index in [4.69, 9.17) is 16.2 Å². The lowest BCUT2D eigenvalue weighted by Gasteiger charge is -2.24. The fourth-order valence-electron chi connectivity index (χ4n) is 4.28. The molecule has 0 bridgehead atoms. The van der Waals surface area contributed by atoms with Crippen molar-refractivity contribution in [2.75, 3.05) is 23.5 Å². The Hall–Kier alpha value is -5.13. The van der Waals surface area contributed by atoms with Crippen LogP contribution < -0.4 is 16.4 Å². The summed E-state index contributed by atoms with van der Waals surface area (Å²) < 4.78 is 34.8. The van der Waals surface area contributed by atoms with Crippen LogP contribution in [0.5, 0.6) is 0 Å². The lowest BCUT2D eigenvalue weighted by atomic mass is 10.1. The summed E-state index contributed by atoms with van der Waals surface area (Å²) >= 11 is 0. The molecule has 3 aromatic heterocycles. The number of amides is 1. The van der Waals surface area contributed by atoms with Gasteiger partial charge in [0.1, 0.15) is 22.8 Å². The maximum atomic E-state index is 14.4. The van der Waals surface area contributed by atoms with Gasteiger partial charge < -0.3 is 16.2 Å². The summed E-state index contributed by atoms with van der Waals surface area (Å²) in [4.78, 5) is 26.8. The van der Waals surface area contributed by atoms with Gasteiger partial charge in [0.05, 0.1) is 31.1 Å². The van der Waals surface area contributed by atoms with Crippen molar-refractivity contribution < 1.29 is 18.3 Å². The van der Waals surface area contributed by atoms with Crippen molar-refractivity contribution in [3.63, 3.8) is 0 Å². The number of anilines is 3. The second kappa shape index (κ2) is 10.3. The Morgan fingerprint density at radius 2 is 1.69 bits per heavy atom. The quantitative estimate of drug-likeness (QED) is 0.331. The van der Waals surface area contributed by atoms with Gasteiger partial charge in [0.15, 0.2) is 11.6 Å². The predicted octanol–water partition coefficient (Wildman–Crippen LogP) is 4.33. The second-order valence-corrected chi connectivity index (χ2v) is 8.77. The van der Waals surface area contributed by atoms with E-state index in [0.29, 0.717) is 16.8 Å². The minimum Gasteiger partial charge on any atom is -0.452 e. The van der Waals surface area contributed by atoms with Crippen LogP contribution in [-0.4, -0.2) is 37.9 Å². The Kier molecular flexibility index (Phi) is 6.75. The normalized spacial score (nSPS) is 11.1. The molecule has 0 spiro atoms. The maximum Gasteiger partial charge on any atom is 0.414 e. The van der Waals surface area contributed by atoms with Crippen molar-refractivity contribution in [2.24, 2.45) is 0 Å². The average molecular weight is 531 g/mol. The molecule has 0 aliphatic carbocycles. The summed E-state index contributed by atoms with van der Waals surface area (Å²) in [5.74, 6) is -1.35. The molecule has 39 heavy (non-hydrogen) atoms. The number of hydrogen-bond acceptors (Lipinski definition) is 8. The van der Waals surface area contributed by atoms with Gasteiger partial charge in [-0.3, -0.25) is 4.90 Å². The molecule has 0 unspecified atom stereocenters. The number of fused-ring (bicyclic) bond motifs is 1. The van der Waals surface area contributed by atoms with Gasteiger partial charge in [-0.05, 0) is 29.7 Å². The van der Waals surface area contributed by atoms with E-state index in [1.165, 1.54) is 28.8 Å². The highest BCUT2D eigenvalue weighted by molar-refractivity contribution is 5.95. The van der Waals surface area contributed by atoms with Gasteiger partial charge in [0.2, 0.25) is 0 Å². The molecule has 5 aromatic rings. The monoisotopic (exact) mass is 530 g/mol. The molecule has 1 amide bonds. The number of benzene rings is 2. The summed E-state index contributed by atoms with van der Waals surface area (Å²) in [5.41, 5.74) is 15.8. The molecule has 12 heteroatoms. The van der Waals surface area contributed by atoms with Gasteiger partial charge in [-0.1, -0.05) is 42.5 Å². The van der Waals surface area contributed by atoms with Gasteiger partial charge in [0, 0.05) is 12.5 Å². The first-order valence-electron chi connectivity index (χ1n) is 11.9. The summed E-state index contributed by atoms with van der Waals surface area (Å²) in [5, 5.41) is 4.50. The number of ether oxygens (including phenoxy) is 1. The van der Waals surface area contributed by atoms with Crippen molar-refractivity contribution in [1.82, 2.24) is 24.7 Å². The van der Waals surface area contributed by atoms with E-state index in [0.717, 1.165) is 17.3 Å². The molecule has 3 heterocycles. The Morgan fingerprint density at radius 3 is 2.36 bits per heavy atom. The van der Waals surface area contributed by atoms with Crippen molar-refractivity contribution in [2.45, 2.75) is 19.9 Å². The Morgan fingerprint density at radius 1 is 1.03 bits per heavy atom. The third kappa shape index (κ3) is 4.91. The van der Waals surface area contributed by atoms with E-state index in [2.05, 4.69) is 20.1 Å². The molecule has 0 aliphatic rings. The smallest absolute Gasteiger partial charge is 0.414 e. The number of nitrogens with two attached hydrogens (primary N) is 2. The molecule has 0 saturated heterocycles. The van der Waals surface area contributed by atoms with Crippen LogP contribution in [0.1, 0.15) is 22.4 Å². The molecule has 10 nitrogen and oxygen atoms in total. The molecule has 0 radical (unpaired) electrons. The fourth-order valence-corrected chi connectivity index (χ4v) is 4.28. The van der Waals surface area contributed by atoms with Gasteiger partial charge in [-0.25, -0.2) is 18.6 Å². The van der Waals surface area contributed by atoms with E-state index in [1.807, 2.05) is 31.2 Å². The number of halogens is 2. The Balaban J connectivity index is 1.60. The van der Waals surface area contributed by atoms with Crippen LogP contribution in [0.25, 0.3) is 17.0 Å². The number of aryl methyl sites for hydroxylation is 1. The predicted molar refractivity (Wildman–Crippen MR) is 142 cm³/mol. The molecule has 4 N–H and O–H groups in total. The number of nitrogen functional groups attached to an aromatic ring is 2. The number of pyridine rings is 1. The van der Waals surface area contributed by atoms with Gasteiger partial charge in [-0.2, -0.15) is 19.7 Å². The van der Waals surface area contributed by atoms with Gasteiger partial charge in [-0.15, -0.1) is 0 Å². The van der Waals surface area contributed by atoms with Crippen molar-refractivity contribution in [3.05, 3.63) is 94.8 Å². The van der Waals surface area contributed by atoms with Crippen LogP contribution in [0.4, 0.5) is 30.9 Å². The molecule has 0 atom stereocenters. The standard InChI is InChI=1S/C27H24F2N8O2/c1-15-7-3-4-9-17(15)14-36(27(38)39-2)23-24(30)33-26(34-25(23)31)37-21-12-18(28)13-32-22(21)20(35-37)11-16-8-5-6-10-19(16)29/h3-10,12-13H,11,14H2,1-2H3,(H4,30,31,33,34). The van der Waals surface area contributed by atoms with Crippen LogP contribution in [0.15, 0.2) is 60.8 Å². The molecule has 0 fully saturated rings. The second-order valence-electron chi connectivity index (χ2n) is 8.77. The van der Waals surface area contributed by atoms with E-state index in [-0.39, 0.29) is 41.8 Å². The average Bonchev–Trinajstić information content (AvgIpc) is 3.26. The summed E-state index contributed by atoms with van der Waals surface area (Å²) in [6.45, 7) is 2.01. The van der Waals surface area contributed by atoms with Crippen LogP contribution >= 0.6 is 0 Å². The topological polar surface area (TPSA) is 138 Å². The number of aromatic nitrogens is 5. The number of hydrogen-bond donors (Lipinski definition) is 2. The molecular formula is C27H24F2N8O2. The summed E-state index contributed by atoms with van der Waals surface area (Å²) in [6.07, 6.45) is 0.423. The van der Waals surface area contributed by atoms with Gasteiger partial charge in [0.25, 0.3) is 5.95 Å². The highest BCUT2D eigenvalue weighted by atomic mass is 19.1. The zero-order chi connectivity index (χ0) is 27.7. The number of rotatable bonds is 6. The van der Waals surface area contributed by atoms with Crippen LogP contribution in [-0.2, 0) is 17.7 Å². The van der Waals surface area contributed by atoms with Crippen LogP contribution in [0, 0.1) is 18.6 Å². The SMILES string of the molecule is COC(=O)N(Cc1ccccc1C)c1c(N)nc(-n2nc(Cc3ccccc3F)c3ncc(F)cc32)nc1N. The molecule has 5 rings (SSSR count). The van der Waals surface area contributed by atoms with Crippen LogP contribution in [0.2, 0.25) is 0 Å². The zero-order valence-electron chi connectivity index (χ0n) is 21.1. The molecule has 0 saturated carbocycles. The lowest BCUT2D eigenvalue weighted by Crippen LogP contribution is -2.32. The first-order valence-corrected chi connectivity index (χ1v) is 11.9. The molecule has 2 aromatic carbocycles. The minimum atomic E-state index is -0.712. The Bertz CT molecular complexity index is 1680. The van der Waals surface area contributed by atoms with E-state index in [9.17, 15) is 13.6 Å². The summed E-state index contributed by atoms with van der Waals surface area (Å²) in [6, 6.07) is 15.0. The first-order chi connectivity index (χ1) is 18.8. The van der Waals surface area contributed by atoms with E-state index < -0.39 is 17.7 Å². The van der Waals surface area contributed by atoms with Crippen molar-refractivity contribution >= 4 is 34.4 Å². The highest BCUT2D eigenvalue weighted by Crippen LogP contribution is 2.32. The highest BCUT2D eigenvalue weighted by Gasteiger charge is 2.26. The van der Waals surface area contributed by atoms with E-state index >= 15 is 0 Å². The zero-order valence-corrected chi connectivity index (χ0v) is 21.1. The number of carbonyl (C=O) groups excluding carboxylic acids is 1. The fraction of sp³-hybridized carbons (Fsp3) is 0.148. The molecular weight excluding hydrogens is 506 g/mol. The molecule has 198 valence electrons. The van der Waals surface area contributed by atoms with Crippen LogP contribution in [0.3, 0.4) is 0 Å². The maximum absolute atomic E-state index is 14.4. The first kappa shape index (κ1) is 25.5. The molecule has 0 aliphatic heterocycles. The number of methoxy groups -OCH3 is 1. The third-order valence-electron chi connectivity index (χ3n) is 6.24. The number of carbonyl (C=O) groups is 1. The lowest BCUT2D eigenvalue weighted by molar-refractivity contribution is 0.178. The van der Waals surface area contributed by atoms with Crippen molar-refractivity contribution in [3.8, 4) is 5.95 Å². The minimum absolute atomic E-state index is 0.0567. The third-order valence-corrected chi connectivity index (χ3v) is 6.24. The number of nitrogens with zero attached hydrogens (tertiary/aromatic N) is 6. The summed E-state index contributed by atoms with van der Waals surface area (Å²) in [7, 11) is 1.24. The largest absolute Gasteiger partial charge is 0.452 e. The van der Waals surface area contributed by atoms with Gasteiger partial charge >= 0.3 is 6.09 Å². The van der Waals surface area contributed by atoms with E-state index in [1.54, 1.807) is 18.2 Å². The van der Waals surface area contributed by atoms with Crippen molar-refractivity contribution in [1.29, 1.82) is 0 Å². The Labute approximate surface area is 221 Å².